The summed E-state index contributed by atoms with van der Waals surface area (Å²) in [6.07, 6.45) is 7.15. The van der Waals surface area contributed by atoms with Gasteiger partial charge in [0.2, 0.25) is 0 Å². The van der Waals surface area contributed by atoms with E-state index in [9.17, 15) is 14.9 Å². The molecule has 1 aliphatic rings. The van der Waals surface area contributed by atoms with Crippen molar-refractivity contribution in [3.8, 4) is 5.75 Å². The largest absolute Gasteiger partial charge is 0.481 e. The Kier molecular flexibility index (Phi) is 5.11. The number of nitrogens with zero attached hydrogens (tertiary/aromatic N) is 3. The van der Waals surface area contributed by atoms with Gasteiger partial charge in [0, 0.05) is 25.4 Å². The normalized spacial score (nSPS) is 15.1. The lowest BCUT2D eigenvalue weighted by molar-refractivity contribution is -0.383. The molecule has 25 heavy (non-hydrogen) atoms. The van der Waals surface area contributed by atoms with Crippen molar-refractivity contribution < 1.29 is 14.5 Å². The standard InChI is InChI=1S/C18H21N3O4/c1-20(13-6-3-2-4-7-13)17(22)12-25-16-10-9-15(21(23)24)14-8-5-11-19-18(14)16/h5,8-11,13H,2-4,6-7,12H2,1H3. The molecule has 1 aliphatic carbocycles. The number of carbonyl (C=O) groups excluding carboxylic acids is 1. The number of pyridine rings is 1. The molecule has 0 bridgehead atoms. The van der Waals surface area contributed by atoms with Gasteiger partial charge >= 0.3 is 0 Å². The lowest BCUT2D eigenvalue weighted by atomic mass is 9.94. The van der Waals surface area contributed by atoms with Crippen LogP contribution in [0.3, 0.4) is 0 Å². The molecule has 132 valence electrons. The second kappa shape index (κ2) is 7.46. The van der Waals surface area contributed by atoms with Crippen molar-refractivity contribution in [3.63, 3.8) is 0 Å². The Morgan fingerprint density at radius 2 is 2.08 bits per heavy atom. The number of likely N-dealkylation sites (N-methyl/N-ethyl adjacent to an activating group) is 1. The first kappa shape index (κ1) is 17.1. The molecule has 7 nitrogen and oxygen atoms in total. The first-order chi connectivity index (χ1) is 12.1. The Hall–Kier alpha value is -2.70. The van der Waals surface area contributed by atoms with Gasteiger partial charge in [-0.25, -0.2) is 0 Å². The molecule has 0 radical (unpaired) electrons. The topological polar surface area (TPSA) is 85.6 Å². The second-order valence-corrected chi connectivity index (χ2v) is 6.32. The van der Waals surface area contributed by atoms with Crippen molar-refractivity contribution in [3.05, 3.63) is 40.6 Å². The molecule has 0 spiro atoms. The van der Waals surface area contributed by atoms with E-state index in [0.717, 1.165) is 25.7 Å². The summed E-state index contributed by atoms with van der Waals surface area (Å²) in [5.41, 5.74) is 0.367. The van der Waals surface area contributed by atoms with Crippen molar-refractivity contribution in [2.45, 2.75) is 38.1 Å². The van der Waals surface area contributed by atoms with Crippen LogP contribution in [0.5, 0.6) is 5.75 Å². The van der Waals surface area contributed by atoms with Gasteiger partial charge in [0.1, 0.15) is 11.3 Å². The molecular weight excluding hydrogens is 322 g/mol. The highest BCUT2D eigenvalue weighted by Crippen LogP contribution is 2.31. The van der Waals surface area contributed by atoms with Gasteiger partial charge in [0.15, 0.2) is 6.61 Å². The number of nitro groups is 1. The molecule has 0 saturated heterocycles. The lowest BCUT2D eigenvalue weighted by Crippen LogP contribution is -2.40. The number of hydrogen-bond acceptors (Lipinski definition) is 5. The molecular formula is C18H21N3O4. The zero-order chi connectivity index (χ0) is 17.8. The molecule has 1 saturated carbocycles. The van der Waals surface area contributed by atoms with Crippen LogP contribution < -0.4 is 4.74 Å². The summed E-state index contributed by atoms with van der Waals surface area (Å²) in [5, 5.41) is 11.5. The second-order valence-electron chi connectivity index (χ2n) is 6.32. The van der Waals surface area contributed by atoms with Crippen LogP contribution >= 0.6 is 0 Å². The predicted octanol–water partition coefficient (Wildman–Crippen LogP) is 3.31. The van der Waals surface area contributed by atoms with Crippen LogP contribution in [-0.2, 0) is 4.79 Å². The van der Waals surface area contributed by atoms with Crippen molar-refractivity contribution in [2.75, 3.05) is 13.7 Å². The number of aromatic nitrogens is 1. The number of amides is 1. The van der Waals surface area contributed by atoms with E-state index < -0.39 is 4.92 Å². The predicted molar refractivity (Wildman–Crippen MR) is 93.5 cm³/mol. The van der Waals surface area contributed by atoms with E-state index in [0.29, 0.717) is 16.7 Å². The minimum Gasteiger partial charge on any atom is -0.481 e. The monoisotopic (exact) mass is 343 g/mol. The fraction of sp³-hybridized carbons (Fsp3) is 0.444. The summed E-state index contributed by atoms with van der Waals surface area (Å²) in [5.74, 6) is 0.293. The minimum absolute atomic E-state index is 0.0268. The first-order valence-corrected chi connectivity index (χ1v) is 8.48. The number of hydrogen-bond donors (Lipinski definition) is 0. The smallest absolute Gasteiger partial charge is 0.279 e. The molecule has 2 aromatic rings. The third-order valence-electron chi connectivity index (χ3n) is 4.77. The number of non-ortho nitro benzene ring substituents is 1. The number of fused-ring (bicyclic) bond motifs is 1. The molecule has 7 heteroatoms. The molecule has 1 amide bonds. The van der Waals surface area contributed by atoms with Crippen LogP contribution in [0.2, 0.25) is 0 Å². The Morgan fingerprint density at radius 3 is 2.80 bits per heavy atom. The van der Waals surface area contributed by atoms with Crippen LogP contribution in [0.25, 0.3) is 10.9 Å². The van der Waals surface area contributed by atoms with Crippen molar-refractivity contribution in [1.82, 2.24) is 9.88 Å². The summed E-state index contributed by atoms with van der Waals surface area (Å²) < 4.78 is 5.65. The highest BCUT2D eigenvalue weighted by molar-refractivity contribution is 5.92. The van der Waals surface area contributed by atoms with Crippen LogP contribution in [0.4, 0.5) is 5.69 Å². The Morgan fingerprint density at radius 1 is 1.32 bits per heavy atom. The van der Waals surface area contributed by atoms with Crippen LogP contribution in [-0.4, -0.2) is 40.4 Å². The van der Waals surface area contributed by atoms with Gasteiger partial charge in [0.05, 0.1) is 10.3 Å². The van der Waals surface area contributed by atoms with Gasteiger partial charge in [0.25, 0.3) is 11.6 Å². The quantitative estimate of drug-likeness (QED) is 0.614. The van der Waals surface area contributed by atoms with Gasteiger partial charge in [-0.05, 0) is 31.0 Å². The van der Waals surface area contributed by atoms with Crippen LogP contribution in [0, 0.1) is 10.1 Å². The maximum absolute atomic E-state index is 12.4. The van der Waals surface area contributed by atoms with E-state index in [4.69, 9.17) is 4.74 Å². The van der Waals surface area contributed by atoms with Gasteiger partial charge in [-0.2, -0.15) is 0 Å². The Labute approximate surface area is 145 Å². The summed E-state index contributed by atoms with van der Waals surface area (Å²) in [6, 6.07) is 6.43. The van der Waals surface area contributed by atoms with E-state index in [2.05, 4.69) is 4.98 Å². The molecule has 0 aliphatic heterocycles. The van der Waals surface area contributed by atoms with E-state index in [1.807, 2.05) is 7.05 Å². The third-order valence-corrected chi connectivity index (χ3v) is 4.77. The van der Waals surface area contributed by atoms with E-state index in [1.54, 1.807) is 23.2 Å². The fourth-order valence-corrected chi connectivity index (χ4v) is 3.32. The number of ether oxygens (including phenoxy) is 1. The number of nitro benzene ring substituents is 1. The Balaban J connectivity index is 1.74. The van der Waals surface area contributed by atoms with Gasteiger partial charge in [-0.3, -0.25) is 19.9 Å². The molecule has 3 rings (SSSR count). The van der Waals surface area contributed by atoms with Gasteiger partial charge in [-0.1, -0.05) is 19.3 Å². The zero-order valence-corrected chi connectivity index (χ0v) is 14.2. The molecule has 1 fully saturated rings. The fourth-order valence-electron chi connectivity index (χ4n) is 3.32. The zero-order valence-electron chi connectivity index (χ0n) is 14.2. The van der Waals surface area contributed by atoms with Gasteiger partial charge < -0.3 is 9.64 Å². The maximum atomic E-state index is 12.4. The highest BCUT2D eigenvalue weighted by Gasteiger charge is 2.23. The average molecular weight is 343 g/mol. The lowest BCUT2D eigenvalue weighted by Gasteiger charge is -2.31. The average Bonchev–Trinajstić information content (AvgIpc) is 2.65. The van der Waals surface area contributed by atoms with Crippen LogP contribution in [0.15, 0.2) is 30.5 Å². The van der Waals surface area contributed by atoms with Crippen molar-refractivity contribution in [2.24, 2.45) is 0 Å². The highest BCUT2D eigenvalue weighted by atomic mass is 16.6. The Bertz CT molecular complexity index is 787. The van der Waals surface area contributed by atoms with Crippen molar-refractivity contribution in [1.29, 1.82) is 0 Å². The number of benzene rings is 1. The van der Waals surface area contributed by atoms with E-state index in [1.165, 1.54) is 18.6 Å². The van der Waals surface area contributed by atoms with E-state index in [-0.39, 0.29) is 24.2 Å². The number of carbonyl (C=O) groups is 1. The van der Waals surface area contributed by atoms with E-state index >= 15 is 0 Å². The molecule has 1 heterocycles. The van der Waals surface area contributed by atoms with Crippen molar-refractivity contribution >= 4 is 22.5 Å². The minimum atomic E-state index is -0.449. The SMILES string of the molecule is CN(C(=O)COc1ccc([N+](=O)[O-])c2cccnc12)C1CCCCC1. The maximum Gasteiger partial charge on any atom is 0.279 e. The number of rotatable bonds is 5. The summed E-state index contributed by atoms with van der Waals surface area (Å²) in [6.45, 7) is -0.101. The molecule has 1 aromatic carbocycles. The summed E-state index contributed by atoms with van der Waals surface area (Å²) >= 11 is 0. The third kappa shape index (κ3) is 3.70. The van der Waals surface area contributed by atoms with Gasteiger partial charge in [-0.15, -0.1) is 0 Å². The summed E-state index contributed by atoms with van der Waals surface area (Å²) in [4.78, 5) is 29.0. The molecule has 1 aromatic heterocycles. The first-order valence-electron chi connectivity index (χ1n) is 8.48. The van der Waals surface area contributed by atoms with Crippen LogP contribution in [0.1, 0.15) is 32.1 Å². The molecule has 0 unspecified atom stereocenters. The molecule has 0 atom stereocenters. The summed E-state index contributed by atoms with van der Waals surface area (Å²) in [7, 11) is 1.81. The molecule has 0 N–H and O–H groups in total.